The van der Waals surface area contributed by atoms with Gasteiger partial charge in [0.1, 0.15) is 73.2 Å². The van der Waals surface area contributed by atoms with Crippen molar-refractivity contribution in [3.63, 3.8) is 0 Å². The van der Waals surface area contributed by atoms with Crippen molar-refractivity contribution in [2.45, 2.75) is 426 Å². The van der Waals surface area contributed by atoms with Gasteiger partial charge in [-0.05, 0) is 70.6 Å². The second-order valence-corrected chi connectivity index (χ2v) is 29.9. The summed E-state index contributed by atoms with van der Waals surface area (Å²) in [4.78, 5) is 13.5. The molecule has 0 aromatic heterocycles. The summed E-state index contributed by atoms with van der Waals surface area (Å²) in [5.41, 5.74) is 0. The Morgan fingerprint density at radius 2 is 0.657 bits per heavy atom. The van der Waals surface area contributed by atoms with Crippen LogP contribution in [0.15, 0.2) is 85.1 Å². The largest absolute Gasteiger partial charge is 0.394 e. The van der Waals surface area contributed by atoms with Gasteiger partial charge in [0.05, 0.1) is 38.6 Å². The van der Waals surface area contributed by atoms with Crippen LogP contribution >= 0.6 is 0 Å². The van der Waals surface area contributed by atoms with Crippen molar-refractivity contribution in [3.05, 3.63) is 85.1 Å². The predicted octanol–water partition coefficient (Wildman–Crippen LogP) is 15.0. The Balaban J connectivity index is 1.32. The van der Waals surface area contributed by atoms with Crippen molar-refractivity contribution in [3.8, 4) is 0 Å². The summed E-state index contributed by atoms with van der Waals surface area (Å²) in [6.45, 7) is 1.66. The Labute approximate surface area is 635 Å². The summed E-state index contributed by atoms with van der Waals surface area (Å²) in [5, 5.41) is 121. The van der Waals surface area contributed by atoms with Gasteiger partial charge in [0, 0.05) is 6.42 Å². The molecule has 610 valence electrons. The first-order chi connectivity index (χ1) is 51.3. The molecule has 0 aromatic carbocycles. The van der Waals surface area contributed by atoms with E-state index in [1.54, 1.807) is 6.08 Å². The van der Waals surface area contributed by atoms with E-state index in [-0.39, 0.29) is 18.9 Å². The highest BCUT2D eigenvalue weighted by Gasteiger charge is 2.54. The minimum atomic E-state index is -1.98. The number of amides is 1. The van der Waals surface area contributed by atoms with Crippen molar-refractivity contribution in [2.24, 2.45) is 0 Å². The van der Waals surface area contributed by atoms with E-state index in [9.17, 15) is 61.0 Å². The highest BCUT2D eigenvalue weighted by molar-refractivity contribution is 5.76. The standard InChI is InChI=1S/C86H153NO18/c1-3-5-7-9-11-13-15-17-19-21-23-25-26-27-28-29-30-31-32-33-34-35-36-37-38-39-40-41-42-44-46-48-50-52-54-56-58-60-62-64-74(92)87-69(70(91)63-61-59-57-55-53-51-49-47-45-43-24-22-20-18-16-14-12-10-8-6-4-2)68-100-84-80(98)77(95)82(72(66-89)102-84)105-86-81(99)78(96)83(73(67-90)103-86)104-85-79(97)76(94)75(93)71(65-88)101-85/h5,7,11,13,17,19,23,25,27-28,30-31,61,63,69-73,75-86,88-91,93-99H,3-4,6,8-10,12,14-16,18,20-22,24,26,29,32-60,62,64-68H2,1-2H3,(H,87,92)/b7-5-,13-11-,19-17-,25-23-,28-27-,31-30-,63-61+. The van der Waals surface area contributed by atoms with Crippen LogP contribution in [0.4, 0.5) is 0 Å². The maximum atomic E-state index is 13.5. The zero-order valence-electron chi connectivity index (χ0n) is 65.4. The Morgan fingerprint density at radius 3 is 1.03 bits per heavy atom. The number of hydrogen-bond acceptors (Lipinski definition) is 18. The van der Waals surface area contributed by atoms with Crippen LogP contribution in [0.3, 0.4) is 0 Å². The number of hydrogen-bond donors (Lipinski definition) is 12. The van der Waals surface area contributed by atoms with Crippen molar-refractivity contribution >= 4 is 5.91 Å². The fourth-order valence-corrected chi connectivity index (χ4v) is 14.0. The van der Waals surface area contributed by atoms with Crippen molar-refractivity contribution in [1.29, 1.82) is 0 Å². The van der Waals surface area contributed by atoms with E-state index in [1.807, 2.05) is 6.08 Å². The summed E-state index contributed by atoms with van der Waals surface area (Å²) >= 11 is 0. The van der Waals surface area contributed by atoms with Crippen molar-refractivity contribution < 1.29 is 89.4 Å². The first-order valence-corrected chi connectivity index (χ1v) is 42.3. The van der Waals surface area contributed by atoms with Crippen LogP contribution in [-0.2, 0) is 33.2 Å². The van der Waals surface area contributed by atoms with E-state index in [1.165, 1.54) is 212 Å². The SMILES string of the molecule is CC/C=C\C/C=C\C/C=C\C/C=C\C/C=C\C/C=C\CCCCCCCCCCCCCCCCCCCCCCC(=O)NC(COC1OC(CO)C(OC2OC(CO)C(OC3OC(CO)C(O)C(O)C3O)C(O)C2O)C(O)C1O)C(O)/C=C/CCCCCCCCCCCCCCCCCCCCC. The molecule has 3 rings (SSSR count). The quantitative estimate of drug-likeness (QED) is 0.0199. The van der Waals surface area contributed by atoms with Crippen LogP contribution in [0.1, 0.15) is 322 Å². The maximum absolute atomic E-state index is 13.5. The number of aliphatic hydroxyl groups excluding tert-OH is 11. The molecule has 3 saturated heterocycles. The molecule has 3 fully saturated rings. The Hall–Kier alpha value is -3.03. The van der Waals surface area contributed by atoms with Gasteiger partial charge in [-0.1, -0.05) is 330 Å². The number of unbranched alkanes of at least 4 members (excludes halogenated alkanes) is 39. The molecule has 17 atom stereocenters. The summed E-state index contributed by atoms with van der Waals surface area (Å²) in [6, 6.07) is -0.976. The Bertz CT molecular complexity index is 2230. The summed E-state index contributed by atoms with van der Waals surface area (Å²) in [6.07, 6.45) is 61.5. The summed E-state index contributed by atoms with van der Waals surface area (Å²) < 4.78 is 34.5. The van der Waals surface area contributed by atoms with Gasteiger partial charge in [0.25, 0.3) is 0 Å². The molecule has 19 nitrogen and oxygen atoms in total. The molecule has 0 radical (unpaired) electrons. The number of allylic oxidation sites excluding steroid dienone is 13. The van der Waals surface area contributed by atoms with Gasteiger partial charge in [-0.2, -0.15) is 0 Å². The lowest BCUT2D eigenvalue weighted by molar-refractivity contribution is -0.379. The van der Waals surface area contributed by atoms with Gasteiger partial charge in [-0.25, -0.2) is 0 Å². The molecule has 3 heterocycles. The molecule has 3 aliphatic heterocycles. The molecule has 12 N–H and O–H groups in total. The minimum Gasteiger partial charge on any atom is -0.394 e. The molecule has 0 saturated carbocycles. The van der Waals surface area contributed by atoms with Crippen molar-refractivity contribution in [2.75, 3.05) is 26.4 Å². The van der Waals surface area contributed by atoms with E-state index < -0.39 is 124 Å². The molecular formula is C86H153NO18. The predicted molar refractivity (Wildman–Crippen MR) is 420 cm³/mol. The van der Waals surface area contributed by atoms with E-state index in [0.29, 0.717) is 6.42 Å². The Morgan fingerprint density at radius 1 is 0.352 bits per heavy atom. The van der Waals surface area contributed by atoms with Gasteiger partial charge >= 0.3 is 0 Å². The number of ether oxygens (including phenoxy) is 6. The van der Waals surface area contributed by atoms with Crippen LogP contribution in [0.5, 0.6) is 0 Å². The lowest BCUT2D eigenvalue weighted by Crippen LogP contribution is -2.66. The third-order valence-electron chi connectivity index (χ3n) is 20.7. The molecule has 0 aliphatic carbocycles. The smallest absolute Gasteiger partial charge is 0.220 e. The third kappa shape index (κ3) is 45.2. The molecule has 3 aliphatic rings. The third-order valence-corrected chi connectivity index (χ3v) is 20.7. The average molecular weight is 1490 g/mol. The van der Waals surface area contributed by atoms with E-state index >= 15 is 0 Å². The Kier molecular flexibility index (Phi) is 60.1. The highest BCUT2D eigenvalue weighted by atomic mass is 16.8. The monoisotopic (exact) mass is 1490 g/mol. The number of carbonyl (C=O) groups excluding carboxylic acids is 1. The second-order valence-electron chi connectivity index (χ2n) is 29.9. The average Bonchev–Trinajstić information content (AvgIpc) is 0.780. The zero-order chi connectivity index (χ0) is 76.0. The topological polar surface area (TPSA) is 307 Å². The lowest BCUT2D eigenvalue weighted by Gasteiger charge is -2.48. The minimum absolute atomic E-state index is 0.244. The first-order valence-electron chi connectivity index (χ1n) is 42.3. The molecule has 0 aromatic rings. The zero-order valence-corrected chi connectivity index (χ0v) is 65.4. The fraction of sp³-hybridized carbons (Fsp3) is 0.826. The highest BCUT2D eigenvalue weighted by Crippen LogP contribution is 2.33. The number of rotatable bonds is 67. The van der Waals surface area contributed by atoms with Crippen LogP contribution in [0, 0.1) is 0 Å². The first kappa shape index (κ1) is 96.2. The molecular weight excluding hydrogens is 1330 g/mol. The molecule has 105 heavy (non-hydrogen) atoms. The normalized spacial score (nSPS) is 26.2. The van der Waals surface area contributed by atoms with E-state index in [2.05, 4.69) is 92.1 Å². The van der Waals surface area contributed by atoms with Gasteiger partial charge in [-0.15, -0.1) is 0 Å². The van der Waals surface area contributed by atoms with Gasteiger partial charge in [0.15, 0.2) is 18.9 Å². The molecule has 0 bridgehead atoms. The number of aliphatic hydroxyl groups is 11. The van der Waals surface area contributed by atoms with E-state index in [0.717, 1.165) is 83.5 Å². The van der Waals surface area contributed by atoms with Crippen LogP contribution in [-0.4, -0.2) is 193 Å². The van der Waals surface area contributed by atoms with Gasteiger partial charge < -0.3 is 89.9 Å². The molecule has 17 unspecified atom stereocenters. The molecule has 19 heteroatoms. The molecule has 1 amide bonds. The van der Waals surface area contributed by atoms with Crippen molar-refractivity contribution in [1.82, 2.24) is 5.32 Å². The van der Waals surface area contributed by atoms with Crippen LogP contribution in [0.2, 0.25) is 0 Å². The summed E-state index contributed by atoms with van der Waals surface area (Å²) in [7, 11) is 0. The number of nitrogens with one attached hydrogen (secondary N) is 1. The van der Waals surface area contributed by atoms with Gasteiger partial charge in [-0.3, -0.25) is 4.79 Å². The fourth-order valence-electron chi connectivity index (χ4n) is 14.0. The van der Waals surface area contributed by atoms with Gasteiger partial charge in [0.2, 0.25) is 5.91 Å². The second kappa shape index (κ2) is 65.7. The molecule has 0 spiro atoms. The maximum Gasteiger partial charge on any atom is 0.220 e. The number of carbonyl (C=O) groups is 1. The lowest BCUT2D eigenvalue weighted by atomic mass is 9.96. The van der Waals surface area contributed by atoms with Crippen LogP contribution < -0.4 is 5.32 Å². The van der Waals surface area contributed by atoms with Crippen LogP contribution in [0.25, 0.3) is 0 Å². The van der Waals surface area contributed by atoms with E-state index in [4.69, 9.17) is 28.4 Å². The summed E-state index contributed by atoms with van der Waals surface area (Å²) in [5.74, 6) is -0.272.